The summed E-state index contributed by atoms with van der Waals surface area (Å²) in [5.74, 6) is 2.52. The largest absolute Gasteiger partial charge is 0.686 e. The Bertz CT molecular complexity index is 1350. The summed E-state index contributed by atoms with van der Waals surface area (Å²) in [5.41, 5.74) is 2.92. The maximum absolute atomic E-state index is 12.2. The van der Waals surface area contributed by atoms with Gasteiger partial charge in [0.05, 0.1) is 42.7 Å². The molecule has 43 heavy (non-hydrogen) atoms. The summed E-state index contributed by atoms with van der Waals surface area (Å²) >= 11 is 0. The summed E-state index contributed by atoms with van der Waals surface area (Å²) < 4.78 is 31.4. The van der Waals surface area contributed by atoms with E-state index in [9.17, 15) is 9.59 Å². The SMILES string of the molecule is COc1cc(C(=O)/C=C/[c-]2[cH-][cH-][cH-][cH-]2)cc(OC)c1OC.COc1cc(C(=O)/C=C/[c-]2cccc2)cc(OC)c1OC.[Fe]. The third-order valence-corrected chi connectivity index (χ3v) is 6.13. The van der Waals surface area contributed by atoms with Gasteiger partial charge in [0.25, 0.3) is 0 Å². The minimum atomic E-state index is -0.129. The number of allylic oxidation sites excluding steroid dienone is 2. The third-order valence-electron chi connectivity index (χ3n) is 6.13. The molecule has 0 aliphatic rings. The molecule has 0 N–H and O–H groups in total. The van der Waals surface area contributed by atoms with E-state index >= 15 is 0 Å². The van der Waals surface area contributed by atoms with E-state index in [0.29, 0.717) is 45.6 Å². The molecule has 0 aliphatic heterocycles. The monoisotopic (exact) mass is 626 g/mol. The van der Waals surface area contributed by atoms with Crippen LogP contribution >= 0.6 is 0 Å². The summed E-state index contributed by atoms with van der Waals surface area (Å²) in [4.78, 5) is 24.5. The van der Waals surface area contributed by atoms with Crippen LogP contribution in [0.5, 0.6) is 34.5 Å². The van der Waals surface area contributed by atoms with Crippen LogP contribution in [-0.4, -0.2) is 54.2 Å². The second-order valence-electron chi connectivity index (χ2n) is 8.66. The molecule has 0 amide bonds. The van der Waals surface area contributed by atoms with Crippen LogP contribution in [0, 0.1) is 0 Å². The molecule has 4 rings (SSSR count). The summed E-state index contributed by atoms with van der Waals surface area (Å²) in [7, 11) is 9.13. The maximum atomic E-state index is 12.2. The first-order chi connectivity index (χ1) is 20.4. The molecule has 0 atom stereocenters. The van der Waals surface area contributed by atoms with Gasteiger partial charge in [0, 0.05) is 34.0 Å². The summed E-state index contributed by atoms with van der Waals surface area (Å²) in [5, 5.41) is 0. The van der Waals surface area contributed by atoms with E-state index in [0.717, 1.165) is 11.1 Å². The summed E-state index contributed by atoms with van der Waals surface area (Å²) in [6.45, 7) is 0. The minimum Gasteiger partial charge on any atom is -0.686 e. The van der Waals surface area contributed by atoms with Gasteiger partial charge in [-0.2, -0.15) is 12.1 Å². The number of carbonyl (C=O) groups excluding carboxylic acids is 2. The van der Waals surface area contributed by atoms with Gasteiger partial charge < -0.3 is 80.0 Å². The molecule has 0 saturated carbocycles. The molecule has 0 aliphatic carbocycles. The van der Waals surface area contributed by atoms with Crippen LogP contribution < -0.4 is 28.4 Å². The Labute approximate surface area is 262 Å². The Kier molecular flexibility index (Phi) is 13.9. The average Bonchev–Trinajstić information content (AvgIpc) is 3.76. The van der Waals surface area contributed by atoms with Gasteiger partial charge >= 0.3 is 0 Å². The van der Waals surface area contributed by atoms with Gasteiger partial charge in [-0.15, -0.1) is 23.8 Å². The molecule has 0 heterocycles. The Morgan fingerprint density at radius 2 is 0.977 bits per heavy atom. The van der Waals surface area contributed by atoms with Crippen molar-refractivity contribution in [2.75, 3.05) is 42.7 Å². The number of carbonyl (C=O) groups is 2. The number of ketones is 2. The van der Waals surface area contributed by atoms with Crippen molar-refractivity contribution in [1.82, 2.24) is 0 Å². The molecule has 0 fully saturated rings. The molecule has 4 aromatic carbocycles. The first kappa shape index (κ1) is 34.5. The van der Waals surface area contributed by atoms with E-state index in [1.807, 2.05) is 48.5 Å². The Morgan fingerprint density at radius 3 is 1.33 bits per heavy atom. The Balaban J connectivity index is 0.000000293. The number of hydrogen-bond acceptors (Lipinski definition) is 8. The van der Waals surface area contributed by atoms with E-state index in [4.69, 9.17) is 28.4 Å². The molecule has 0 aromatic heterocycles. The number of hydrogen-bond donors (Lipinski definition) is 0. The summed E-state index contributed by atoms with van der Waals surface area (Å²) in [6.07, 6.45) is 6.59. The van der Waals surface area contributed by atoms with Crippen molar-refractivity contribution in [1.29, 1.82) is 0 Å². The zero-order valence-corrected chi connectivity index (χ0v) is 26.0. The number of benzene rings is 2. The second kappa shape index (κ2) is 17.3. The standard InChI is InChI=1S/2C17H17O4.Fe/c2*1-19-15-10-13(11-16(20-2)17(15)21-3)14(18)9-8-12-6-4-5-7-12;/h2*4-11H,1-3H3;/q-5;-1;/b2*9-8+;. The van der Waals surface area contributed by atoms with Gasteiger partial charge in [-0.3, -0.25) is 0 Å². The van der Waals surface area contributed by atoms with Crippen LogP contribution in [0.25, 0.3) is 12.2 Å². The summed E-state index contributed by atoms with van der Waals surface area (Å²) in [6, 6.07) is 22.0. The zero-order valence-electron chi connectivity index (χ0n) is 24.9. The van der Waals surface area contributed by atoms with Gasteiger partial charge in [-0.1, -0.05) is 6.08 Å². The molecule has 232 valence electrons. The van der Waals surface area contributed by atoms with Crippen LogP contribution in [0.1, 0.15) is 31.8 Å². The van der Waals surface area contributed by atoms with E-state index in [-0.39, 0.29) is 28.6 Å². The number of ether oxygens (including phenoxy) is 6. The Morgan fingerprint density at radius 1 is 0.605 bits per heavy atom. The fourth-order valence-corrected chi connectivity index (χ4v) is 3.98. The van der Waals surface area contributed by atoms with Gasteiger partial charge in [0.15, 0.2) is 23.0 Å². The van der Waals surface area contributed by atoms with Gasteiger partial charge in [0.1, 0.15) is 5.78 Å². The van der Waals surface area contributed by atoms with E-state index in [1.165, 1.54) is 54.8 Å². The van der Waals surface area contributed by atoms with Gasteiger partial charge in [-0.25, -0.2) is 0 Å². The smallest absolute Gasteiger partial charge is 0.203 e. The van der Waals surface area contributed by atoms with Crippen LogP contribution in [0.4, 0.5) is 0 Å². The van der Waals surface area contributed by atoms with Crippen molar-refractivity contribution in [2.45, 2.75) is 0 Å². The molecule has 0 saturated heterocycles. The van der Waals surface area contributed by atoms with Crippen molar-refractivity contribution in [3.05, 3.63) is 107 Å². The van der Waals surface area contributed by atoms with Gasteiger partial charge in [0.2, 0.25) is 11.5 Å². The minimum absolute atomic E-state index is 0. The maximum Gasteiger partial charge on any atom is 0.203 e. The predicted molar refractivity (Wildman–Crippen MR) is 163 cm³/mol. The fourth-order valence-electron chi connectivity index (χ4n) is 3.98. The van der Waals surface area contributed by atoms with Crippen LogP contribution in [-0.2, 0) is 17.1 Å². The molecule has 0 bridgehead atoms. The second-order valence-corrected chi connectivity index (χ2v) is 8.66. The number of rotatable bonds is 12. The first-order valence-electron chi connectivity index (χ1n) is 12.9. The zero-order chi connectivity index (χ0) is 30.5. The molecule has 4 aromatic rings. The van der Waals surface area contributed by atoms with Crippen molar-refractivity contribution >= 4 is 23.7 Å². The third kappa shape index (κ3) is 9.13. The fraction of sp³-hybridized carbons (Fsp3) is 0.176. The van der Waals surface area contributed by atoms with Crippen molar-refractivity contribution in [2.24, 2.45) is 0 Å². The predicted octanol–water partition coefficient (Wildman–Crippen LogP) is 6.65. The quantitative estimate of drug-likeness (QED) is 0.0748. The molecular weight excluding hydrogens is 592 g/mol. The normalized spacial score (nSPS) is 10.4. The topological polar surface area (TPSA) is 89.5 Å². The molecule has 0 unspecified atom stereocenters. The molecule has 8 nitrogen and oxygen atoms in total. The molecule has 0 spiro atoms. The van der Waals surface area contributed by atoms with Crippen LogP contribution in [0.15, 0.2) is 84.9 Å². The van der Waals surface area contributed by atoms with Crippen molar-refractivity contribution in [3.8, 4) is 34.5 Å². The molecule has 9 heteroatoms. The van der Waals surface area contributed by atoms with E-state index in [1.54, 1.807) is 36.4 Å². The first-order valence-corrected chi connectivity index (χ1v) is 12.9. The number of methoxy groups -OCH3 is 6. The van der Waals surface area contributed by atoms with E-state index in [2.05, 4.69) is 0 Å². The molecular formula is C34H34FeO8-6. The van der Waals surface area contributed by atoms with E-state index < -0.39 is 0 Å². The van der Waals surface area contributed by atoms with Crippen molar-refractivity contribution < 1.29 is 55.1 Å². The van der Waals surface area contributed by atoms with Crippen molar-refractivity contribution in [3.63, 3.8) is 0 Å². The van der Waals surface area contributed by atoms with Crippen LogP contribution in [0.3, 0.4) is 0 Å². The Hall–Kier alpha value is -4.72. The van der Waals surface area contributed by atoms with Gasteiger partial charge in [-0.05, 0) is 24.3 Å². The van der Waals surface area contributed by atoms with Crippen LogP contribution in [0.2, 0.25) is 0 Å². The molecule has 0 radical (unpaired) electrons. The average molecular weight is 626 g/mol.